The van der Waals surface area contributed by atoms with Crippen LogP contribution in [0.5, 0.6) is 0 Å². The number of hydrogen-bond donors (Lipinski definition) is 1. The number of halogens is 1. The van der Waals surface area contributed by atoms with Crippen molar-refractivity contribution in [1.29, 1.82) is 0 Å². The number of piperidine rings is 1. The van der Waals surface area contributed by atoms with Gasteiger partial charge in [0.2, 0.25) is 11.8 Å². The molecule has 2 aliphatic heterocycles. The molecule has 5 nitrogen and oxygen atoms in total. The van der Waals surface area contributed by atoms with Crippen LogP contribution in [-0.4, -0.2) is 46.2 Å². The van der Waals surface area contributed by atoms with Crippen molar-refractivity contribution in [2.75, 3.05) is 19.6 Å². The highest BCUT2D eigenvalue weighted by molar-refractivity contribution is 6.31. The highest BCUT2D eigenvalue weighted by atomic mass is 35.5. The number of aromatic nitrogens is 1. The minimum absolute atomic E-state index is 0.0283. The van der Waals surface area contributed by atoms with Crippen molar-refractivity contribution in [3.8, 4) is 0 Å². The number of likely N-dealkylation sites (tertiary alicyclic amines) is 1. The smallest absolute Gasteiger partial charge is 0.243 e. The summed E-state index contributed by atoms with van der Waals surface area (Å²) in [5.74, 6) is 0.0479. The van der Waals surface area contributed by atoms with Crippen molar-refractivity contribution in [3.05, 3.63) is 70.4 Å². The fraction of sp³-hybridized carbons (Fsp3) is 0.333. The molecular weight excluding hydrogens is 398 g/mol. The second-order valence-corrected chi connectivity index (χ2v) is 8.50. The summed E-state index contributed by atoms with van der Waals surface area (Å²) in [4.78, 5) is 32.8. The Morgan fingerprint density at radius 1 is 1.03 bits per heavy atom. The van der Waals surface area contributed by atoms with Gasteiger partial charge in [-0.1, -0.05) is 48.0 Å². The third-order valence-electron chi connectivity index (χ3n) is 6.30. The lowest BCUT2D eigenvalue weighted by Crippen LogP contribution is -2.48. The number of benzene rings is 2. The van der Waals surface area contributed by atoms with E-state index in [1.165, 1.54) is 10.9 Å². The molecule has 0 radical (unpaired) electrons. The topological polar surface area (TPSA) is 56.4 Å². The molecule has 6 heteroatoms. The van der Waals surface area contributed by atoms with Crippen molar-refractivity contribution < 1.29 is 9.59 Å². The Morgan fingerprint density at radius 2 is 1.83 bits per heavy atom. The van der Waals surface area contributed by atoms with Crippen LogP contribution in [0.15, 0.2) is 48.5 Å². The van der Waals surface area contributed by atoms with E-state index in [4.69, 9.17) is 11.6 Å². The van der Waals surface area contributed by atoms with E-state index in [-0.39, 0.29) is 24.4 Å². The molecule has 1 fully saturated rings. The molecule has 0 spiro atoms. The number of amides is 2. The molecule has 2 amide bonds. The Kier molecular flexibility index (Phi) is 4.99. The summed E-state index contributed by atoms with van der Waals surface area (Å²) >= 11 is 6.59. The van der Waals surface area contributed by atoms with Gasteiger partial charge in [-0.05, 0) is 42.5 Å². The summed E-state index contributed by atoms with van der Waals surface area (Å²) in [5.41, 5.74) is 4.24. The lowest BCUT2D eigenvalue weighted by Gasteiger charge is -2.38. The van der Waals surface area contributed by atoms with Crippen molar-refractivity contribution in [1.82, 2.24) is 14.8 Å². The maximum atomic E-state index is 13.4. The molecule has 3 heterocycles. The monoisotopic (exact) mass is 421 g/mol. The van der Waals surface area contributed by atoms with Crippen LogP contribution in [-0.2, 0) is 16.0 Å². The van der Waals surface area contributed by atoms with Crippen LogP contribution in [0.25, 0.3) is 10.9 Å². The third kappa shape index (κ3) is 3.27. The lowest BCUT2D eigenvalue weighted by atomic mass is 9.92. The van der Waals surface area contributed by atoms with Crippen molar-refractivity contribution in [2.45, 2.75) is 31.7 Å². The molecule has 0 unspecified atom stereocenters. The van der Waals surface area contributed by atoms with E-state index in [0.717, 1.165) is 36.0 Å². The Hall–Kier alpha value is -2.79. The number of para-hydroxylation sites is 1. The molecule has 1 N–H and O–H groups in total. The largest absolute Gasteiger partial charge is 0.356 e. The number of H-pyrrole nitrogens is 1. The first kappa shape index (κ1) is 19.2. The first-order chi connectivity index (χ1) is 14.6. The number of rotatable bonds is 3. The number of fused-ring (bicyclic) bond motifs is 3. The molecule has 0 aliphatic carbocycles. The average Bonchev–Trinajstić information content (AvgIpc) is 3.14. The summed E-state index contributed by atoms with van der Waals surface area (Å²) in [6, 6.07) is 15.7. The third-order valence-corrected chi connectivity index (χ3v) is 6.65. The normalized spacial score (nSPS) is 19.2. The molecule has 5 rings (SSSR count). The molecule has 1 aromatic heterocycles. The Balaban J connectivity index is 1.56. The maximum absolute atomic E-state index is 13.4. The number of aromatic amines is 1. The van der Waals surface area contributed by atoms with Crippen LogP contribution in [0.4, 0.5) is 0 Å². The quantitative estimate of drug-likeness (QED) is 0.685. The van der Waals surface area contributed by atoms with Crippen LogP contribution >= 0.6 is 11.6 Å². The molecule has 154 valence electrons. The highest BCUT2D eigenvalue weighted by Crippen LogP contribution is 2.40. The summed E-state index contributed by atoms with van der Waals surface area (Å²) in [7, 11) is 0. The molecule has 2 aromatic carbocycles. The first-order valence-corrected chi connectivity index (χ1v) is 10.9. The number of carbonyl (C=O) groups is 2. The standard InChI is InChI=1S/C24H24ClN3O2/c25-19-9-3-1-8-18(19)24-23-17(16-7-2-4-10-20(16)26-23)12-14-28(24)22(30)15-27-13-6-5-11-21(27)29/h1-4,7-10,24,26H,5-6,11-15H2/t24-/m0/s1. The van der Waals surface area contributed by atoms with Gasteiger partial charge in [0.15, 0.2) is 0 Å². The molecule has 2 aliphatic rings. The zero-order chi connectivity index (χ0) is 20.7. The van der Waals surface area contributed by atoms with Crippen LogP contribution in [0.3, 0.4) is 0 Å². The van der Waals surface area contributed by atoms with Gasteiger partial charge in [-0.2, -0.15) is 0 Å². The summed E-state index contributed by atoms with van der Waals surface area (Å²) in [6.45, 7) is 1.40. The minimum Gasteiger partial charge on any atom is -0.356 e. The summed E-state index contributed by atoms with van der Waals surface area (Å²) in [6.07, 6.45) is 3.18. The van der Waals surface area contributed by atoms with Gasteiger partial charge in [0, 0.05) is 41.1 Å². The zero-order valence-electron chi connectivity index (χ0n) is 16.7. The molecular formula is C24H24ClN3O2. The van der Waals surface area contributed by atoms with Gasteiger partial charge in [0.25, 0.3) is 0 Å². The van der Waals surface area contributed by atoms with E-state index in [2.05, 4.69) is 17.1 Å². The van der Waals surface area contributed by atoms with Gasteiger partial charge in [0.05, 0.1) is 12.6 Å². The number of carbonyl (C=O) groups excluding carboxylic acids is 2. The van der Waals surface area contributed by atoms with E-state index in [0.29, 0.717) is 24.5 Å². The molecule has 0 saturated carbocycles. The molecule has 1 saturated heterocycles. The molecule has 1 atom stereocenters. The SMILES string of the molecule is O=C1CCCCN1CC(=O)N1CCc2c([nH]c3ccccc23)[C@@H]1c1ccccc1Cl. The molecule has 3 aromatic rings. The van der Waals surface area contributed by atoms with Gasteiger partial charge >= 0.3 is 0 Å². The van der Waals surface area contributed by atoms with Gasteiger partial charge in [-0.15, -0.1) is 0 Å². The summed E-state index contributed by atoms with van der Waals surface area (Å²) in [5, 5.41) is 1.84. The maximum Gasteiger partial charge on any atom is 0.243 e. The van der Waals surface area contributed by atoms with Crippen LogP contribution in [0.2, 0.25) is 5.02 Å². The highest BCUT2D eigenvalue weighted by Gasteiger charge is 2.36. The van der Waals surface area contributed by atoms with Crippen LogP contribution in [0, 0.1) is 0 Å². The predicted octanol–water partition coefficient (Wildman–Crippen LogP) is 4.31. The van der Waals surface area contributed by atoms with Gasteiger partial charge in [-0.3, -0.25) is 9.59 Å². The van der Waals surface area contributed by atoms with E-state index in [1.807, 2.05) is 41.3 Å². The second-order valence-electron chi connectivity index (χ2n) is 8.10. The van der Waals surface area contributed by atoms with Gasteiger partial charge < -0.3 is 14.8 Å². The molecule has 0 bridgehead atoms. The second kappa shape index (κ2) is 7.80. The van der Waals surface area contributed by atoms with E-state index in [9.17, 15) is 9.59 Å². The van der Waals surface area contributed by atoms with E-state index >= 15 is 0 Å². The Morgan fingerprint density at radius 3 is 2.67 bits per heavy atom. The number of nitrogens with zero attached hydrogens (tertiary/aromatic N) is 2. The number of hydrogen-bond acceptors (Lipinski definition) is 2. The summed E-state index contributed by atoms with van der Waals surface area (Å²) < 4.78 is 0. The predicted molar refractivity (Wildman–Crippen MR) is 117 cm³/mol. The molecule has 30 heavy (non-hydrogen) atoms. The van der Waals surface area contributed by atoms with Gasteiger partial charge in [-0.25, -0.2) is 0 Å². The first-order valence-electron chi connectivity index (χ1n) is 10.5. The number of nitrogens with one attached hydrogen (secondary N) is 1. The zero-order valence-corrected chi connectivity index (χ0v) is 17.5. The van der Waals surface area contributed by atoms with Crippen LogP contribution in [0.1, 0.15) is 42.1 Å². The van der Waals surface area contributed by atoms with Crippen molar-refractivity contribution >= 4 is 34.3 Å². The van der Waals surface area contributed by atoms with Crippen molar-refractivity contribution in [3.63, 3.8) is 0 Å². The minimum atomic E-state index is -0.290. The van der Waals surface area contributed by atoms with E-state index < -0.39 is 0 Å². The lowest BCUT2D eigenvalue weighted by molar-refractivity contribution is -0.143. The van der Waals surface area contributed by atoms with E-state index in [1.54, 1.807) is 4.90 Å². The fourth-order valence-electron chi connectivity index (χ4n) is 4.81. The van der Waals surface area contributed by atoms with Crippen LogP contribution < -0.4 is 0 Å². The fourth-order valence-corrected chi connectivity index (χ4v) is 5.05. The van der Waals surface area contributed by atoms with Crippen molar-refractivity contribution in [2.24, 2.45) is 0 Å². The average molecular weight is 422 g/mol. The Labute approximate surface area is 180 Å². The Bertz CT molecular complexity index is 1120. The van der Waals surface area contributed by atoms with Gasteiger partial charge in [0.1, 0.15) is 0 Å².